The maximum absolute atomic E-state index is 13.3. The first kappa shape index (κ1) is 67.1. The van der Waals surface area contributed by atoms with Crippen molar-refractivity contribution in [1.82, 2.24) is 4.90 Å². The lowest BCUT2D eigenvalue weighted by molar-refractivity contribution is -0.167. The molecule has 0 N–H and O–H groups in total. The highest BCUT2D eigenvalue weighted by molar-refractivity contribution is 5.71. The van der Waals surface area contributed by atoms with Gasteiger partial charge in [-0.3, -0.25) is 14.4 Å². The summed E-state index contributed by atoms with van der Waals surface area (Å²) in [6.45, 7) is 7.16. The van der Waals surface area contributed by atoms with Crippen LogP contribution in [0.3, 0.4) is 0 Å². The molecule has 0 aromatic rings. The molecule has 0 fully saturated rings. The monoisotopic (exact) mass is 996 g/mol. The highest BCUT2D eigenvalue weighted by Crippen LogP contribution is 2.18. The van der Waals surface area contributed by atoms with E-state index in [-0.39, 0.29) is 57.4 Å². The molecule has 10 heteroatoms. The Kier molecular flexibility index (Phi) is 50.9. The summed E-state index contributed by atoms with van der Waals surface area (Å²) in [7, 11) is 3.93. The SMILES string of the molecule is CCC=CCC=CCC=CCCCCCCCC(=O)OCC(COC(=O)CCCCCCCC=CCC=CCC=CCC)OC(=O)CCC(CCCCCCCCCCCC)OC(=O)OCCCN(C)C. The fourth-order valence-electron chi connectivity index (χ4n) is 7.76. The summed E-state index contributed by atoms with van der Waals surface area (Å²) < 4.78 is 28.0. The van der Waals surface area contributed by atoms with Gasteiger partial charge in [-0.1, -0.05) is 190 Å². The molecule has 0 bridgehead atoms. The van der Waals surface area contributed by atoms with Crippen molar-refractivity contribution in [2.75, 3.05) is 40.5 Å². The maximum Gasteiger partial charge on any atom is 0.508 e. The van der Waals surface area contributed by atoms with Crippen LogP contribution in [0.1, 0.15) is 239 Å². The third-order valence-corrected chi connectivity index (χ3v) is 12.0. The molecule has 0 spiro atoms. The molecule has 1 atom stereocenters. The van der Waals surface area contributed by atoms with Crippen molar-refractivity contribution in [3.63, 3.8) is 0 Å². The van der Waals surface area contributed by atoms with Gasteiger partial charge in [-0.15, -0.1) is 0 Å². The van der Waals surface area contributed by atoms with E-state index >= 15 is 0 Å². The first-order chi connectivity index (χ1) is 34.7. The first-order valence-corrected chi connectivity index (χ1v) is 28.6. The molecule has 0 amide bonds. The number of carbonyl (C=O) groups is 4. The van der Waals surface area contributed by atoms with Gasteiger partial charge in [0.05, 0.1) is 6.61 Å². The van der Waals surface area contributed by atoms with Crippen molar-refractivity contribution in [1.29, 1.82) is 0 Å². The fraction of sp³-hybridized carbons (Fsp3) is 0.738. The van der Waals surface area contributed by atoms with E-state index in [1.54, 1.807) is 0 Å². The molecule has 10 nitrogen and oxygen atoms in total. The van der Waals surface area contributed by atoms with Crippen molar-refractivity contribution < 1.29 is 42.9 Å². The third-order valence-electron chi connectivity index (χ3n) is 12.0. The van der Waals surface area contributed by atoms with Crippen LogP contribution in [-0.4, -0.2) is 81.6 Å². The van der Waals surface area contributed by atoms with Crippen molar-refractivity contribution in [3.05, 3.63) is 72.9 Å². The van der Waals surface area contributed by atoms with Crippen molar-refractivity contribution >= 4 is 24.1 Å². The predicted octanol–water partition coefficient (Wildman–Crippen LogP) is 16.7. The average Bonchev–Trinajstić information content (AvgIpc) is 3.35. The molecule has 0 heterocycles. The van der Waals surface area contributed by atoms with Gasteiger partial charge in [0.15, 0.2) is 6.10 Å². The van der Waals surface area contributed by atoms with Gasteiger partial charge in [0.25, 0.3) is 0 Å². The zero-order chi connectivity index (χ0) is 51.9. The summed E-state index contributed by atoms with van der Waals surface area (Å²) in [5, 5.41) is 0. The number of esters is 3. The average molecular weight is 997 g/mol. The molecule has 0 radical (unpaired) electrons. The lowest BCUT2D eigenvalue weighted by Crippen LogP contribution is -2.31. The maximum atomic E-state index is 13.3. The number of hydrogen-bond acceptors (Lipinski definition) is 10. The lowest BCUT2D eigenvalue weighted by atomic mass is 10.0. The van der Waals surface area contributed by atoms with Crippen LogP contribution in [0.2, 0.25) is 0 Å². The Morgan fingerprint density at radius 1 is 0.394 bits per heavy atom. The van der Waals surface area contributed by atoms with Gasteiger partial charge >= 0.3 is 24.1 Å². The number of rotatable bonds is 50. The molecule has 0 aromatic heterocycles. The Hall–Kier alpha value is -3.92. The number of allylic oxidation sites excluding steroid dienone is 12. The van der Waals surface area contributed by atoms with Gasteiger partial charge in [-0.2, -0.15) is 0 Å². The van der Waals surface area contributed by atoms with Crippen LogP contribution in [0.4, 0.5) is 4.79 Å². The van der Waals surface area contributed by atoms with Crippen LogP contribution in [-0.2, 0) is 38.1 Å². The van der Waals surface area contributed by atoms with Crippen LogP contribution in [0.5, 0.6) is 0 Å². The summed E-state index contributed by atoms with van der Waals surface area (Å²) in [5.74, 6) is -1.26. The lowest BCUT2D eigenvalue weighted by Gasteiger charge is -2.20. The molecule has 0 aliphatic rings. The standard InChI is InChI=1S/C61H105NO9/c1-6-9-12-15-18-21-24-26-28-30-32-35-38-41-44-48-58(63)68-54-57(55-69-59(64)49-45-42-39-36-33-31-29-27-25-22-19-16-13-10-7-2)70-60(65)51-50-56(71-61(66)67-53-46-52-62(4)5)47-43-40-37-34-23-20-17-14-11-8-3/h9-10,12-13,18-19,21-22,26-29,56-57H,6-8,11,14-17,20,23-25,30-55H2,1-5H3. The minimum absolute atomic E-state index is 0.0116. The number of unbranched alkanes of at least 4 members (excludes halogenated alkanes) is 19. The summed E-state index contributed by atoms with van der Waals surface area (Å²) in [5.41, 5.74) is 0. The van der Waals surface area contributed by atoms with Gasteiger partial charge in [0.2, 0.25) is 0 Å². The topological polar surface area (TPSA) is 118 Å². The summed E-state index contributed by atoms with van der Waals surface area (Å²) in [6, 6.07) is 0. The van der Waals surface area contributed by atoms with Crippen molar-refractivity contribution in [3.8, 4) is 0 Å². The molecule has 0 saturated heterocycles. The van der Waals surface area contributed by atoms with Crippen LogP contribution in [0, 0.1) is 0 Å². The molecule has 1 unspecified atom stereocenters. The summed E-state index contributed by atoms with van der Waals surface area (Å²) in [6.07, 6.45) is 56.4. The summed E-state index contributed by atoms with van der Waals surface area (Å²) in [4.78, 5) is 53.6. The van der Waals surface area contributed by atoms with E-state index in [1.165, 1.54) is 44.9 Å². The predicted molar refractivity (Wildman–Crippen MR) is 295 cm³/mol. The Morgan fingerprint density at radius 2 is 0.817 bits per heavy atom. The van der Waals surface area contributed by atoms with E-state index in [1.807, 2.05) is 19.0 Å². The Bertz CT molecular complexity index is 1360. The number of nitrogens with zero attached hydrogens (tertiary/aromatic N) is 1. The molecule has 71 heavy (non-hydrogen) atoms. The Morgan fingerprint density at radius 3 is 1.28 bits per heavy atom. The largest absolute Gasteiger partial charge is 0.508 e. The van der Waals surface area contributed by atoms with E-state index in [0.29, 0.717) is 12.8 Å². The number of carbonyl (C=O) groups excluding carboxylic acids is 4. The van der Waals surface area contributed by atoms with Crippen LogP contribution in [0.15, 0.2) is 72.9 Å². The van der Waals surface area contributed by atoms with E-state index in [9.17, 15) is 19.2 Å². The van der Waals surface area contributed by atoms with Gasteiger partial charge in [-0.05, 0) is 117 Å². The molecule has 0 aromatic carbocycles. The minimum Gasteiger partial charge on any atom is -0.462 e. The molecular weight excluding hydrogens is 891 g/mol. The van der Waals surface area contributed by atoms with Gasteiger partial charge in [-0.25, -0.2) is 4.79 Å². The Labute approximate surface area is 434 Å². The van der Waals surface area contributed by atoms with Gasteiger partial charge in [0.1, 0.15) is 19.3 Å². The number of ether oxygens (including phenoxy) is 5. The minimum atomic E-state index is -0.943. The molecule has 0 rings (SSSR count). The molecular formula is C61H105NO9. The van der Waals surface area contributed by atoms with Crippen LogP contribution < -0.4 is 0 Å². The zero-order valence-corrected chi connectivity index (χ0v) is 46.1. The summed E-state index contributed by atoms with van der Waals surface area (Å²) >= 11 is 0. The quantitative estimate of drug-likeness (QED) is 0.0252. The second-order valence-corrected chi connectivity index (χ2v) is 19.2. The van der Waals surface area contributed by atoms with Crippen molar-refractivity contribution in [2.24, 2.45) is 0 Å². The van der Waals surface area contributed by atoms with Gasteiger partial charge < -0.3 is 28.6 Å². The van der Waals surface area contributed by atoms with E-state index in [4.69, 9.17) is 23.7 Å². The normalized spacial score (nSPS) is 12.9. The fourth-order valence-corrected chi connectivity index (χ4v) is 7.76. The van der Waals surface area contributed by atoms with Crippen LogP contribution >= 0.6 is 0 Å². The second-order valence-electron chi connectivity index (χ2n) is 19.2. The molecule has 0 aliphatic carbocycles. The number of hydrogen-bond donors (Lipinski definition) is 0. The zero-order valence-electron chi connectivity index (χ0n) is 46.1. The second kappa shape index (κ2) is 53.9. The van der Waals surface area contributed by atoms with Crippen LogP contribution in [0.25, 0.3) is 0 Å². The smallest absolute Gasteiger partial charge is 0.462 e. The van der Waals surface area contributed by atoms with Gasteiger partial charge in [0, 0.05) is 25.8 Å². The highest BCUT2D eigenvalue weighted by Gasteiger charge is 2.22. The highest BCUT2D eigenvalue weighted by atomic mass is 16.7. The first-order valence-electron chi connectivity index (χ1n) is 28.6. The third kappa shape index (κ3) is 52.2. The Balaban J connectivity index is 5.09. The molecule has 0 aliphatic heterocycles. The van der Waals surface area contributed by atoms with E-state index < -0.39 is 24.3 Å². The molecule has 408 valence electrons. The van der Waals surface area contributed by atoms with Crippen molar-refractivity contribution in [2.45, 2.75) is 251 Å². The van der Waals surface area contributed by atoms with E-state index in [0.717, 1.165) is 141 Å². The molecule has 0 saturated carbocycles. The van der Waals surface area contributed by atoms with E-state index in [2.05, 4.69) is 93.7 Å².